The van der Waals surface area contributed by atoms with Gasteiger partial charge in [0.25, 0.3) is 0 Å². The van der Waals surface area contributed by atoms with Crippen molar-refractivity contribution in [3.8, 4) is 16.8 Å². The monoisotopic (exact) mass is 401 g/mol. The number of nitrogens with one attached hydrogen (secondary N) is 1. The minimum atomic E-state index is 0.238. The van der Waals surface area contributed by atoms with Crippen LogP contribution in [0, 0.1) is 0 Å². The van der Waals surface area contributed by atoms with Gasteiger partial charge < -0.3 is 9.72 Å². The lowest BCUT2D eigenvalue weighted by Gasteiger charge is -2.03. The average Bonchev–Trinajstić information content (AvgIpc) is 3.41. The second-order valence-corrected chi connectivity index (χ2v) is 7.58. The number of ketones is 1. The first-order chi connectivity index (χ1) is 14.7. The van der Waals surface area contributed by atoms with E-state index in [0.29, 0.717) is 19.4 Å². The van der Waals surface area contributed by atoms with Crippen LogP contribution in [0.5, 0.6) is 0 Å². The average molecular weight is 402 g/mol. The van der Waals surface area contributed by atoms with Gasteiger partial charge in [0.15, 0.2) is 0 Å². The standard InChI is InChI=1S/C25H27N3O2/c1-3-18-6-9-22(10-7-18)28-17-21(16-27-28)19-8-11-25-24(14-19)20(15-26-25)13-23(29)5-4-12-30-2/h6-11,14-17,26H,3-5,12-13H2,1-2H3. The van der Waals surface area contributed by atoms with Gasteiger partial charge in [-0.25, -0.2) is 4.68 Å². The van der Waals surface area contributed by atoms with E-state index in [4.69, 9.17) is 4.74 Å². The summed E-state index contributed by atoms with van der Waals surface area (Å²) in [7, 11) is 1.66. The lowest BCUT2D eigenvalue weighted by Crippen LogP contribution is -2.03. The smallest absolute Gasteiger partial charge is 0.137 e. The lowest BCUT2D eigenvalue weighted by atomic mass is 10.0. The van der Waals surface area contributed by atoms with E-state index < -0.39 is 0 Å². The summed E-state index contributed by atoms with van der Waals surface area (Å²) in [5, 5.41) is 5.63. The van der Waals surface area contributed by atoms with E-state index >= 15 is 0 Å². The Labute approximate surface area is 176 Å². The van der Waals surface area contributed by atoms with Crippen molar-refractivity contribution in [1.82, 2.24) is 14.8 Å². The first kappa shape index (κ1) is 20.1. The topological polar surface area (TPSA) is 59.9 Å². The Morgan fingerprint density at radius 3 is 2.73 bits per heavy atom. The van der Waals surface area contributed by atoms with E-state index in [1.807, 2.05) is 23.3 Å². The maximum absolute atomic E-state index is 12.3. The number of carbonyl (C=O) groups excluding carboxylic acids is 1. The molecule has 0 bridgehead atoms. The number of rotatable bonds is 9. The Balaban J connectivity index is 1.56. The van der Waals surface area contributed by atoms with Crippen LogP contribution in [0.2, 0.25) is 0 Å². The largest absolute Gasteiger partial charge is 0.385 e. The van der Waals surface area contributed by atoms with Gasteiger partial charge in [-0.15, -0.1) is 0 Å². The van der Waals surface area contributed by atoms with E-state index in [-0.39, 0.29) is 5.78 Å². The molecule has 0 unspecified atom stereocenters. The minimum Gasteiger partial charge on any atom is -0.385 e. The van der Waals surface area contributed by atoms with Gasteiger partial charge in [0.05, 0.1) is 11.9 Å². The minimum absolute atomic E-state index is 0.238. The molecule has 0 radical (unpaired) electrons. The van der Waals surface area contributed by atoms with Crippen molar-refractivity contribution < 1.29 is 9.53 Å². The number of aromatic nitrogens is 3. The van der Waals surface area contributed by atoms with Crippen LogP contribution in [0.15, 0.2) is 61.1 Å². The van der Waals surface area contributed by atoms with Gasteiger partial charge in [0.2, 0.25) is 0 Å². The lowest BCUT2D eigenvalue weighted by molar-refractivity contribution is -0.118. The van der Waals surface area contributed by atoms with Crippen LogP contribution in [0.25, 0.3) is 27.7 Å². The van der Waals surface area contributed by atoms with Crippen molar-refractivity contribution in [2.45, 2.75) is 32.6 Å². The van der Waals surface area contributed by atoms with Crippen LogP contribution >= 0.6 is 0 Å². The maximum atomic E-state index is 12.3. The van der Waals surface area contributed by atoms with E-state index in [1.165, 1.54) is 5.56 Å². The summed E-state index contributed by atoms with van der Waals surface area (Å²) in [4.78, 5) is 15.6. The molecule has 0 aliphatic heterocycles. The summed E-state index contributed by atoms with van der Waals surface area (Å²) in [6.07, 6.45) is 8.66. The van der Waals surface area contributed by atoms with Crippen molar-refractivity contribution in [3.05, 3.63) is 72.2 Å². The molecule has 5 nitrogen and oxygen atoms in total. The summed E-state index contributed by atoms with van der Waals surface area (Å²) >= 11 is 0. The van der Waals surface area contributed by atoms with E-state index in [9.17, 15) is 4.79 Å². The van der Waals surface area contributed by atoms with Crippen molar-refractivity contribution >= 4 is 16.7 Å². The second-order valence-electron chi connectivity index (χ2n) is 7.58. The highest BCUT2D eigenvalue weighted by molar-refractivity contribution is 5.92. The highest BCUT2D eigenvalue weighted by Gasteiger charge is 2.11. The molecule has 0 spiro atoms. The fraction of sp³-hybridized carbons (Fsp3) is 0.280. The molecule has 2 heterocycles. The number of Topliss-reactive ketones (excluding diaryl/α,β-unsaturated/α-hetero) is 1. The number of ether oxygens (including phenoxy) is 1. The molecule has 0 aliphatic rings. The van der Waals surface area contributed by atoms with Gasteiger partial charge in [-0.3, -0.25) is 4.79 Å². The van der Waals surface area contributed by atoms with Crippen LogP contribution in [0.4, 0.5) is 0 Å². The SMILES string of the molecule is CCc1ccc(-n2cc(-c3ccc4[nH]cc(CC(=O)CCCOC)c4c3)cn2)cc1. The number of hydrogen-bond donors (Lipinski definition) is 1. The molecule has 2 aromatic heterocycles. The highest BCUT2D eigenvalue weighted by Crippen LogP contribution is 2.27. The van der Waals surface area contributed by atoms with E-state index in [2.05, 4.69) is 59.5 Å². The molecular weight excluding hydrogens is 374 g/mol. The molecule has 5 heteroatoms. The number of aryl methyl sites for hydroxylation is 1. The molecule has 4 aromatic rings. The Morgan fingerprint density at radius 2 is 1.97 bits per heavy atom. The molecule has 0 amide bonds. The Morgan fingerprint density at radius 1 is 1.13 bits per heavy atom. The fourth-order valence-electron chi connectivity index (χ4n) is 3.72. The van der Waals surface area contributed by atoms with Crippen LogP contribution < -0.4 is 0 Å². The summed E-state index contributed by atoms with van der Waals surface area (Å²) in [6.45, 7) is 2.77. The third-order valence-corrected chi connectivity index (χ3v) is 5.48. The van der Waals surface area contributed by atoms with Crippen LogP contribution in [-0.2, 0) is 22.4 Å². The fourth-order valence-corrected chi connectivity index (χ4v) is 3.72. The normalized spacial score (nSPS) is 11.3. The molecule has 30 heavy (non-hydrogen) atoms. The quantitative estimate of drug-likeness (QED) is 0.396. The Bertz CT molecular complexity index is 1140. The van der Waals surface area contributed by atoms with Gasteiger partial charge in [0, 0.05) is 55.4 Å². The van der Waals surface area contributed by atoms with Gasteiger partial charge >= 0.3 is 0 Å². The van der Waals surface area contributed by atoms with Crippen molar-refractivity contribution in [3.63, 3.8) is 0 Å². The van der Waals surface area contributed by atoms with Crippen molar-refractivity contribution in [2.75, 3.05) is 13.7 Å². The van der Waals surface area contributed by atoms with Gasteiger partial charge in [-0.2, -0.15) is 5.10 Å². The number of hydrogen-bond acceptors (Lipinski definition) is 3. The van der Waals surface area contributed by atoms with E-state index in [1.54, 1.807) is 7.11 Å². The predicted octanol–water partition coefficient (Wildman–Crippen LogP) is 5.12. The van der Waals surface area contributed by atoms with Gasteiger partial charge in [-0.05, 0) is 53.8 Å². The zero-order valence-electron chi connectivity index (χ0n) is 17.5. The maximum Gasteiger partial charge on any atom is 0.137 e. The van der Waals surface area contributed by atoms with Crippen LogP contribution in [0.3, 0.4) is 0 Å². The number of H-pyrrole nitrogens is 1. The third kappa shape index (κ3) is 4.36. The first-order valence-electron chi connectivity index (χ1n) is 10.4. The molecule has 0 fully saturated rings. The molecule has 0 saturated carbocycles. The summed E-state index contributed by atoms with van der Waals surface area (Å²) in [5.41, 5.74) is 6.58. The molecular formula is C25H27N3O2. The Hall–Kier alpha value is -3.18. The summed E-state index contributed by atoms with van der Waals surface area (Å²) < 4.78 is 6.94. The zero-order chi connectivity index (χ0) is 20.9. The van der Waals surface area contributed by atoms with Crippen LogP contribution in [-0.4, -0.2) is 34.3 Å². The number of aromatic amines is 1. The second kappa shape index (κ2) is 9.09. The summed E-state index contributed by atoms with van der Waals surface area (Å²) in [6, 6.07) is 14.8. The van der Waals surface area contributed by atoms with Gasteiger partial charge in [0.1, 0.15) is 5.78 Å². The molecule has 0 saturated heterocycles. The molecule has 1 N–H and O–H groups in total. The third-order valence-electron chi connectivity index (χ3n) is 5.48. The Kier molecular flexibility index (Phi) is 6.10. The van der Waals surface area contributed by atoms with Crippen molar-refractivity contribution in [2.24, 2.45) is 0 Å². The highest BCUT2D eigenvalue weighted by atomic mass is 16.5. The van der Waals surface area contributed by atoms with Crippen LogP contribution in [0.1, 0.15) is 30.9 Å². The molecule has 2 aromatic carbocycles. The van der Waals surface area contributed by atoms with Gasteiger partial charge in [-0.1, -0.05) is 25.1 Å². The number of carbonyl (C=O) groups is 1. The first-order valence-corrected chi connectivity index (χ1v) is 10.4. The molecule has 0 aliphatic carbocycles. The van der Waals surface area contributed by atoms with E-state index in [0.717, 1.165) is 46.1 Å². The zero-order valence-corrected chi connectivity index (χ0v) is 17.5. The molecule has 154 valence electrons. The summed E-state index contributed by atoms with van der Waals surface area (Å²) in [5.74, 6) is 0.238. The number of fused-ring (bicyclic) bond motifs is 1. The molecule has 0 atom stereocenters. The molecule has 4 rings (SSSR count). The number of benzene rings is 2. The number of methoxy groups -OCH3 is 1. The number of nitrogens with zero attached hydrogens (tertiary/aromatic N) is 2. The van der Waals surface area contributed by atoms with Crippen molar-refractivity contribution in [1.29, 1.82) is 0 Å². The predicted molar refractivity (Wildman–Crippen MR) is 120 cm³/mol.